The molecule has 1 N–H and O–H groups in total. The average molecular weight is 494 g/mol. The van der Waals surface area contributed by atoms with Gasteiger partial charge in [0.1, 0.15) is 11.6 Å². The van der Waals surface area contributed by atoms with Crippen molar-refractivity contribution in [3.05, 3.63) is 87.5 Å². The van der Waals surface area contributed by atoms with Crippen LogP contribution in [0.15, 0.2) is 60.7 Å². The second-order valence-electron chi connectivity index (χ2n) is 8.12. The van der Waals surface area contributed by atoms with Gasteiger partial charge in [0.15, 0.2) is 0 Å². The van der Waals surface area contributed by atoms with Crippen LogP contribution in [-0.2, 0) is 11.3 Å². The van der Waals surface area contributed by atoms with Crippen LogP contribution >= 0.6 is 23.2 Å². The van der Waals surface area contributed by atoms with Crippen molar-refractivity contribution >= 4 is 29.1 Å². The van der Waals surface area contributed by atoms with Crippen LogP contribution in [0.1, 0.15) is 23.7 Å². The first-order chi connectivity index (χ1) is 16.3. The minimum Gasteiger partial charge on any atom is -0.496 e. The summed E-state index contributed by atoms with van der Waals surface area (Å²) in [5, 5.41) is 4.06. The number of rotatable bonds is 6. The second kappa shape index (κ2) is 9.92. The van der Waals surface area contributed by atoms with Gasteiger partial charge in [-0.15, -0.1) is 0 Å². The number of hydrogen-bond acceptors (Lipinski definition) is 3. The number of nitrogens with one attached hydrogen (secondary N) is 1. The summed E-state index contributed by atoms with van der Waals surface area (Å²) in [5.74, 6) is 1.23. The lowest BCUT2D eigenvalue weighted by Crippen LogP contribution is -2.19. The molecule has 5 nitrogen and oxygen atoms in total. The summed E-state index contributed by atoms with van der Waals surface area (Å²) in [6.45, 7) is 5.80. The topological polar surface area (TPSA) is 56.1 Å². The predicted octanol–water partition coefficient (Wildman–Crippen LogP) is 6.77. The van der Waals surface area contributed by atoms with Crippen molar-refractivity contribution in [3.8, 4) is 34.1 Å². The van der Waals surface area contributed by atoms with Gasteiger partial charge in [-0.2, -0.15) is 0 Å². The fourth-order valence-corrected chi connectivity index (χ4v) is 4.31. The number of aryl methyl sites for hydroxylation is 2. The lowest BCUT2D eigenvalue weighted by molar-refractivity contribution is -0.119. The largest absolute Gasteiger partial charge is 0.496 e. The normalized spacial score (nSPS) is 10.9. The number of halogens is 2. The Morgan fingerprint density at radius 2 is 1.76 bits per heavy atom. The van der Waals surface area contributed by atoms with Gasteiger partial charge in [0.2, 0.25) is 5.91 Å². The van der Waals surface area contributed by atoms with Gasteiger partial charge in [-0.05, 0) is 55.8 Å². The maximum atomic E-state index is 11.8. The van der Waals surface area contributed by atoms with E-state index in [1.165, 1.54) is 6.92 Å². The molecule has 0 aliphatic rings. The molecule has 0 unspecified atom stereocenters. The fraction of sp³-hybridized carbons (Fsp3) is 0.185. The van der Waals surface area contributed by atoms with E-state index in [0.717, 1.165) is 39.5 Å². The third-order valence-electron chi connectivity index (χ3n) is 5.56. The van der Waals surface area contributed by atoms with Crippen molar-refractivity contribution in [2.45, 2.75) is 27.3 Å². The Hall–Kier alpha value is -3.28. The van der Waals surface area contributed by atoms with Crippen LogP contribution in [0.25, 0.3) is 28.3 Å². The van der Waals surface area contributed by atoms with Crippen LogP contribution in [0.3, 0.4) is 0 Å². The molecule has 3 aromatic carbocycles. The van der Waals surface area contributed by atoms with Crippen LogP contribution in [0.2, 0.25) is 10.0 Å². The van der Waals surface area contributed by atoms with E-state index in [0.29, 0.717) is 21.5 Å². The molecule has 7 heteroatoms. The summed E-state index contributed by atoms with van der Waals surface area (Å²) in [4.78, 5) is 16.8. The molecule has 34 heavy (non-hydrogen) atoms. The van der Waals surface area contributed by atoms with E-state index in [1.54, 1.807) is 13.2 Å². The highest BCUT2D eigenvalue weighted by Crippen LogP contribution is 2.40. The van der Waals surface area contributed by atoms with Crippen molar-refractivity contribution in [2.24, 2.45) is 0 Å². The minimum atomic E-state index is -0.144. The van der Waals surface area contributed by atoms with Gasteiger partial charge >= 0.3 is 0 Å². The quantitative estimate of drug-likeness (QED) is 0.322. The van der Waals surface area contributed by atoms with Crippen LogP contribution < -0.4 is 10.1 Å². The SMILES string of the molecule is COc1ccc(Cl)cc1-c1c(CNC(C)=O)nc(-c2cccc(C)c2)n1-c1cc(Cl)ccc1C. The molecule has 0 aliphatic carbocycles. The summed E-state index contributed by atoms with van der Waals surface area (Å²) in [7, 11) is 1.62. The number of nitrogens with zero attached hydrogens (tertiary/aromatic N) is 2. The van der Waals surface area contributed by atoms with Gasteiger partial charge in [0, 0.05) is 28.1 Å². The monoisotopic (exact) mass is 493 g/mol. The maximum absolute atomic E-state index is 11.8. The molecule has 0 radical (unpaired) electrons. The number of ether oxygens (including phenoxy) is 1. The summed E-state index contributed by atoms with van der Waals surface area (Å²) < 4.78 is 7.77. The van der Waals surface area contributed by atoms with Gasteiger partial charge in [-0.1, -0.05) is 53.0 Å². The molecular weight excluding hydrogens is 469 g/mol. The zero-order chi connectivity index (χ0) is 24.4. The Morgan fingerprint density at radius 1 is 1.03 bits per heavy atom. The lowest BCUT2D eigenvalue weighted by atomic mass is 10.1. The zero-order valence-corrected chi connectivity index (χ0v) is 21.0. The first kappa shape index (κ1) is 23.9. The Kier molecular flexibility index (Phi) is 6.96. The Morgan fingerprint density at radius 3 is 2.47 bits per heavy atom. The molecule has 0 spiro atoms. The van der Waals surface area contributed by atoms with E-state index >= 15 is 0 Å². The predicted molar refractivity (Wildman–Crippen MR) is 138 cm³/mol. The number of imidazole rings is 1. The Balaban J connectivity index is 2.14. The number of benzene rings is 3. The van der Waals surface area contributed by atoms with E-state index in [9.17, 15) is 4.79 Å². The molecule has 1 heterocycles. The molecule has 1 aromatic heterocycles. The van der Waals surface area contributed by atoms with E-state index in [4.69, 9.17) is 32.9 Å². The molecule has 0 saturated carbocycles. The van der Waals surface area contributed by atoms with Crippen molar-refractivity contribution in [2.75, 3.05) is 7.11 Å². The van der Waals surface area contributed by atoms with Crippen molar-refractivity contribution in [3.63, 3.8) is 0 Å². The molecule has 174 valence electrons. The van der Waals surface area contributed by atoms with Gasteiger partial charge in [0.05, 0.1) is 30.7 Å². The third-order valence-corrected chi connectivity index (χ3v) is 6.03. The van der Waals surface area contributed by atoms with E-state index in [-0.39, 0.29) is 12.5 Å². The van der Waals surface area contributed by atoms with Gasteiger partial charge in [-0.3, -0.25) is 9.36 Å². The lowest BCUT2D eigenvalue weighted by Gasteiger charge is -2.18. The number of amides is 1. The molecule has 4 rings (SSSR count). The summed E-state index contributed by atoms with van der Waals surface area (Å²) in [6.07, 6.45) is 0. The highest BCUT2D eigenvalue weighted by Gasteiger charge is 2.25. The second-order valence-corrected chi connectivity index (χ2v) is 8.99. The van der Waals surface area contributed by atoms with Crippen LogP contribution in [0, 0.1) is 13.8 Å². The number of hydrogen-bond donors (Lipinski definition) is 1. The fourth-order valence-electron chi connectivity index (χ4n) is 3.97. The van der Waals surface area contributed by atoms with E-state index in [1.807, 2.05) is 62.4 Å². The zero-order valence-electron chi connectivity index (χ0n) is 19.4. The van der Waals surface area contributed by atoms with Gasteiger partial charge in [-0.25, -0.2) is 4.98 Å². The average Bonchev–Trinajstić information content (AvgIpc) is 3.18. The molecule has 0 atom stereocenters. The molecule has 0 bridgehead atoms. The van der Waals surface area contributed by atoms with Crippen molar-refractivity contribution in [1.29, 1.82) is 0 Å². The number of aromatic nitrogens is 2. The highest BCUT2D eigenvalue weighted by molar-refractivity contribution is 6.31. The van der Waals surface area contributed by atoms with Crippen molar-refractivity contribution < 1.29 is 9.53 Å². The molecular formula is C27H25Cl2N3O2. The number of carbonyl (C=O) groups is 1. The molecule has 1 amide bonds. The first-order valence-electron chi connectivity index (χ1n) is 10.8. The summed E-state index contributed by atoms with van der Waals surface area (Å²) in [6, 6.07) is 19.4. The number of methoxy groups -OCH3 is 1. The smallest absolute Gasteiger partial charge is 0.217 e. The third kappa shape index (κ3) is 4.81. The van der Waals surface area contributed by atoms with Crippen molar-refractivity contribution in [1.82, 2.24) is 14.9 Å². The van der Waals surface area contributed by atoms with E-state index in [2.05, 4.69) is 16.0 Å². The molecule has 0 fully saturated rings. The molecule has 0 saturated heterocycles. The standard InChI is InChI=1S/C27H25Cl2N3O2/c1-16-6-5-7-19(12-16)27-31-23(15-30-18(3)33)26(22-13-20(28)10-11-25(22)34-4)32(27)24-14-21(29)9-8-17(24)2/h5-14H,15H2,1-4H3,(H,30,33). The van der Waals surface area contributed by atoms with Crippen LogP contribution in [-0.4, -0.2) is 22.6 Å². The Bertz CT molecular complexity index is 1380. The molecule has 4 aromatic rings. The van der Waals surface area contributed by atoms with Crippen LogP contribution in [0.4, 0.5) is 0 Å². The molecule has 0 aliphatic heterocycles. The highest BCUT2D eigenvalue weighted by atomic mass is 35.5. The summed E-state index contributed by atoms with van der Waals surface area (Å²) in [5.41, 5.74) is 6.17. The maximum Gasteiger partial charge on any atom is 0.217 e. The van der Waals surface area contributed by atoms with Crippen LogP contribution in [0.5, 0.6) is 5.75 Å². The Labute approximate surface area is 209 Å². The van der Waals surface area contributed by atoms with Gasteiger partial charge in [0.25, 0.3) is 0 Å². The summed E-state index contributed by atoms with van der Waals surface area (Å²) >= 11 is 12.9. The first-order valence-corrected chi connectivity index (χ1v) is 11.6. The minimum absolute atomic E-state index is 0.144. The number of carbonyl (C=O) groups excluding carboxylic acids is 1. The van der Waals surface area contributed by atoms with E-state index < -0.39 is 0 Å². The van der Waals surface area contributed by atoms with Gasteiger partial charge < -0.3 is 10.1 Å².